The van der Waals surface area contributed by atoms with Crippen LogP contribution in [0.4, 0.5) is 15.9 Å². The molecule has 0 radical (unpaired) electrons. The molecule has 0 atom stereocenters. The van der Waals surface area contributed by atoms with Gasteiger partial charge in [-0.1, -0.05) is 18.2 Å². The number of amides is 1. The Bertz CT molecular complexity index is 804. The lowest BCUT2D eigenvalue weighted by atomic mass is 10.1. The maximum absolute atomic E-state index is 13.2. The minimum atomic E-state index is -0.489. The molecule has 1 aromatic heterocycles. The fourth-order valence-electron chi connectivity index (χ4n) is 2.93. The fourth-order valence-corrected chi connectivity index (χ4v) is 2.93. The quantitative estimate of drug-likeness (QED) is 0.657. The molecule has 3 rings (SSSR count). The van der Waals surface area contributed by atoms with E-state index in [2.05, 4.69) is 10.3 Å². The van der Waals surface area contributed by atoms with Crippen molar-refractivity contribution in [1.82, 2.24) is 9.88 Å². The van der Waals surface area contributed by atoms with Crippen molar-refractivity contribution < 1.29 is 14.0 Å². The van der Waals surface area contributed by atoms with Crippen LogP contribution in [0.1, 0.15) is 17.3 Å². The fraction of sp³-hybridized carbons (Fsp3) is 0.316. The summed E-state index contributed by atoms with van der Waals surface area (Å²) >= 11 is 0. The molecule has 0 spiro atoms. The van der Waals surface area contributed by atoms with Crippen molar-refractivity contribution in [2.75, 3.05) is 42.9 Å². The largest absolute Gasteiger partial charge is 0.354 e. The first-order valence-corrected chi connectivity index (χ1v) is 8.52. The number of nitrogens with zero attached hydrogens (tertiary/aromatic N) is 3. The second kappa shape index (κ2) is 8.05. The Morgan fingerprint density at radius 2 is 1.85 bits per heavy atom. The smallest absolute Gasteiger partial charge is 0.238 e. The number of nitrogens with one attached hydrogen (secondary N) is 1. The molecule has 0 aliphatic carbocycles. The molecule has 1 fully saturated rings. The Labute approximate surface area is 151 Å². The van der Waals surface area contributed by atoms with Gasteiger partial charge < -0.3 is 10.2 Å². The summed E-state index contributed by atoms with van der Waals surface area (Å²) in [6, 6.07) is 11.7. The number of Topliss-reactive ketones (excluding diaryl/α,β-unsaturated/α-hetero) is 1. The van der Waals surface area contributed by atoms with Gasteiger partial charge in [0.25, 0.3) is 0 Å². The minimum Gasteiger partial charge on any atom is -0.354 e. The molecule has 2 aromatic rings. The first-order valence-electron chi connectivity index (χ1n) is 8.52. The maximum Gasteiger partial charge on any atom is 0.238 e. The Morgan fingerprint density at radius 1 is 1.12 bits per heavy atom. The Hall–Kier alpha value is -2.80. The molecule has 0 unspecified atom stereocenters. The number of carbonyl (C=O) groups excluding carboxylic acids is 2. The Morgan fingerprint density at radius 3 is 2.54 bits per heavy atom. The van der Waals surface area contributed by atoms with Crippen LogP contribution in [-0.2, 0) is 4.79 Å². The van der Waals surface area contributed by atoms with Crippen molar-refractivity contribution in [2.24, 2.45) is 0 Å². The van der Waals surface area contributed by atoms with E-state index in [0.717, 1.165) is 0 Å². The summed E-state index contributed by atoms with van der Waals surface area (Å²) in [5.41, 5.74) is 1.18. The summed E-state index contributed by atoms with van der Waals surface area (Å²) in [7, 11) is 0. The van der Waals surface area contributed by atoms with Crippen molar-refractivity contribution in [3.8, 4) is 0 Å². The van der Waals surface area contributed by atoms with Gasteiger partial charge >= 0.3 is 0 Å². The molecule has 1 saturated heterocycles. The molecule has 7 heteroatoms. The molecule has 1 amide bonds. The molecule has 0 bridgehead atoms. The van der Waals surface area contributed by atoms with Crippen LogP contribution in [0.3, 0.4) is 0 Å². The van der Waals surface area contributed by atoms with Gasteiger partial charge in [0.2, 0.25) is 11.9 Å². The van der Waals surface area contributed by atoms with Gasteiger partial charge in [-0.2, -0.15) is 4.39 Å². The van der Waals surface area contributed by atoms with E-state index in [4.69, 9.17) is 0 Å². The summed E-state index contributed by atoms with van der Waals surface area (Å²) in [5, 5.41) is 2.83. The van der Waals surface area contributed by atoms with Crippen LogP contribution in [0, 0.1) is 5.95 Å². The molecule has 1 aliphatic heterocycles. The molecule has 1 N–H and O–H groups in total. The number of rotatable bonds is 5. The standard InChI is InChI=1S/C19H21FN4O2/c1-14(25)15-4-2-5-16(12-15)21-19(26)13-23-8-10-24(11-9-23)18-7-3-6-17(20)22-18/h2-7,12H,8-11,13H2,1H3,(H,21,26). The highest BCUT2D eigenvalue weighted by atomic mass is 19.1. The van der Waals surface area contributed by atoms with Crippen LogP contribution in [-0.4, -0.2) is 54.3 Å². The van der Waals surface area contributed by atoms with Crippen molar-refractivity contribution in [3.63, 3.8) is 0 Å². The molecule has 136 valence electrons. The number of hydrogen-bond acceptors (Lipinski definition) is 5. The first kappa shape index (κ1) is 18.0. The number of anilines is 2. The zero-order chi connectivity index (χ0) is 18.5. The van der Waals surface area contributed by atoms with Crippen LogP contribution in [0.25, 0.3) is 0 Å². The van der Waals surface area contributed by atoms with E-state index in [1.54, 1.807) is 36.4 Å². The van der Waals surface area contributed by atoms with Gasteiger partial charge in [0.1, 0.15) is 5.82 Å². The lowest BCUT2D eigenvalue weighted by molar-refractivity contribution is -0.117. The molecule has 6 nitrogen and oxygen atoms in total. The highest BCUT2D eigenvalue weighted by molar-refractivity contribution is 5.97. The molecule has 1 aromatic carbocycles. The predicted molar refractivity (Wildman–Crippen MR) is 97.9 cm³/mol. The maximum atomic E-state index is 13.2. The number of hydrogen-bond donors (Lipinski definition) is 1. The second-order valence-electron chi connectivity index (χ2n) is 6.27. The number of aromatic nitrogens is 1. The van der Waals surface area contributed by atoms with E-state index in [1.807, 2.05) is 9.80 Å². The normalized spacial score (nSPS) is 14.9. The predicted octanol–water partition coefficient (Wildman–Crippen LogP) is 2.18. The summed E-state index contributed by atoms with van der Waals surface area (Å²) < 4.78 is 13.2. The van der Waals surface area contributed by atoms with Crippen molar-refractivity contribution in [1.29, 1.82) is 0 Å². The zero-order valence-electron chi connectivity index (χ0n) is 14.6. The Balaban J connectivity index is 1.50. The highest BCUT2D eigenvalue weighted by Crippen LogP contribution is 2.14. The van der Waals surface area contributed by atoms with Crippen LogP contribution in [0.15, 0.2) is 42.5 Å². The van der Waals surface area contributed by atoms with Crippen molar-refractivity contribution >= 4 is 23.2 Å². The molecular formula is C19H21FN4O2. The van der Waals surface area contributed by atoms with Crippen molar-refractivity contribution in [2.45, 2.75) is 6.92 Å². The number of halogens is 1. The average molecular weight is 356 g/mol. The second-order valence-corrected chi connectivity index (χ2v) is 6.27. The Kier molecular flexibility index (Phi) is 5.58. The SMILES string of the molecule is CC(=O)c1cccc(NC(=O)CN2CCN(c3cccc(F)n3)CC2)c1. The van der Waals surface area contributed by atoms with Gasteiger partial charge in [-0.15, -0.1) is 0 Å². The van der Waals surface area contributed by atoms with Gasteiger partial charge in [0.15, 0.2) is 5.78 Å². The molecule has 26 heavy (non-hydrogen) atoms. The van der Waals surface area contributed by atoms with Crippen LogP contribution < -0.4 is 10.2 Å². The van der Waals surface area contributed by atoms with Crippen LogP contribution in [0.5, 0.6) is 0 Å². The van der Waals surface area contributed by atoms with Crippen molar-refractivity contribution in [3.05, 3.63) is 54.0 Å². The third-order valence-corrected chi connectivity index (χ3v) is 4.32. The van der Waals surface area contributed by atoms with Crippen LogP contribution in [0.2, 0.25) is 0 Å². The summed E-state index contributed by atoms with van der Waals surface area (Å²) in [6.07, 6.45) is 0. The number of benzene rings is 1. The highest BCUT2D eigenvalue weighted by Gasteiger charge is 2.20. The van der Waals surface area contributed by atoms with E-state index in [0.29, 0.717) is 43.2 Å². The molecular weight excluding hydrogens is 335 g/mol. The van der Waals surface area contributed by atoms with Gasteiger partial charge in [-0.3, -0.25) is 14.5 Å². The third kappa shape index (κ3) is 4.64. The topological polar surface area (TPSA) is 65.5 Å². The number of pyridine rings is 1. The molecule has 0 saturated carbocycles. The van der Waals surface area contributed by atoms with Crippen LogP contribution >= 0.6 is 0 Å². The number of ketones is 1. The van der Waals surface area contributed by atoms with E-state index >= 15 is 0 Å². The minimum absolute atomic E-state index is 0.0387. The van der Waals surface area contributed by atoms with E-state index in [9.17, 15) is 14.0 Å². The number of carbonyl (C=O) groups is 2. The van der Waals surface area contributed by atoms with Gasteiger partial charge in [0, 0.05) is 37.4 Å². The van der Waals surface area contributed by atoms with E-state index in [1.165, 1.54) is 13.0 Å². The molecule has 2 heterocycles. The average Bonchev–Trinajstić information content (AvgIpc) is 2.62. The molecule has 1 aliphatic rings. The lowest BCUT2D eigenvalue weighted by Crippen LogP contribution is -2.49. The van der Waals surface area contributed by atoms with Gasteiger partial charge in [-0.05, 0) is 31.2 Å². The summed E-state index contributed by atoms with van der Waals surface area (Å²) in [6.45, 7) is 4.52. The van der Waals surface area contributed by atoms with Gasteiger partial charge in [0.05, 0.1) is 6.54 Å². The third-order valence-electron chi connectivity index (χ3n) is 4.32. The van der Waals surface area contributed by atoms with E-state index < -0.39 is 5.95 Å². The first-order chi connectivity index (χ1) is 12.5. The lowest BCUT2D eigenvalue weighted by Gasteiger charge is -2.34. The number of piperazine rings is 1. The van der Waals surface area contributed by atoms with E-state index in [-0.39, 0.29) is 18.2 Å². The summed E-state index contributed by atoms with van der Waals surface area (Å²) in [5.74, 6) is -0.0292. The zero-order valence-corrected chi connectivity index (χ0v) is 14.6. The summed E-state index contributed by atoms with van der Waals surface area (Å²) in [4.78, 5) is 31.6. The van der Waals surface area contributed by atoms with Gasteiger partial charge in [-0.25, -0.2) is 4.98 Å². The monoisotopic (exact) mass is 356 g/mol.